The van der Waals surface area contributed by atoms with Crippen molar-refractivity contribution < 1.29 is 23.8 Å². The van der Waals surface area contributed by atoms with Gasteiger partial charge in [-0.15, -0.1) is 0 Å². The number of amides is 2. The van der Waals surface area contributed by atoms with E-state index in [1.165, 1.54) is 7.11 Å². The zero-order valence-electron chi connectivity index (χ0n) is 18.4. The molecule has 172 valence electrons. The summed E-state index contributed by atoms with van der Waals surface area (Å²) < 4.78 is 17.9. The van der Waals surface area contributed by atoms with E-state index in [2.05, 4.69) is 10.5 Å². The Morgan fingerprint density at radius 2 is 1.82 bits per heavy atom. The van der Waals surface area contributed by atoms with Crippen LogP contribution in [0.3, 0.4) is 0 Å². The van der Waals surface area contributed by atoms with E-state index in [1.54, 1.807) is 24.4 Å². The van der Waals surface area contributed by atoms with Crippen molar-refractivity contribution in [2.45, 2.75) is 6.54 Å². The highest BCUT2D eigenvalue weighted by Crippen LogP contribution is 2.25. The van der Waals surface area contributed by atoms with Gasteiger partial charge in [0.1, 0.15) is 6.54 Å². The molecule has 4 rings (SSSR count). The summed E-state index contributed by atoms with van der Waals surface area (Å²) in [5.41, 5.74) is 4.19. The maximum absolute atomic E-state index is 12.7. The van der Waals surface area contributed by atoms with Crippen LogP contribution in [-0.2, 0) is 20.9 Å². The Bertz CT molecular complexity index is 1150. The van der Waals surface area contributed by atoms with Crippen LogP contribution in [0.1, 0.15) is 5.56 Å². The van der Waals surface area contributed by atoms with Gasteiger partial charge in [0, 0.05) is 35.8 Å². The molecule has 2 aromatic carbocycles. The van der Waals surface area contributed by atoms with Crippen molar-refractivity contribution in [1.29, 1.82) is 0 Å². The van der Waals surface area contributed by atoms with Crippen LogP contribution >= 0.6 is 0 Å². The smallest absolute Gasteiger partial charge is 0.277 e. The number of carbonyl (C=O) groups excluding carboxylic acids is 2. The number of benzene rings is 2. The lowest BCUT2D eigenvalue weighted by Crippen LogP contribution is -2.42. The molecule has 0 bridgehead atoms. The van der Waals surface area contributed by atoms with Crippen LogP contribution in [0.25, 0.3) is 10.9 Å². The van der Waals surface area contributed by atoms with Gasteiger partial charge in [0.2, 0.25) is 5.91 Å². The maximum Gasteiger partial charge on any atom is 0.277 e. The molecule has 0 radical (unpaired) electrons. The number of hydrogen-bond acceptors (Lipinski definition) is 6. The SMILES string of the molecule is COc1ccccc1OCC(=O)N/N=C/c1cn(CC(=O)N2CCOCC2)c2ccccc12. The molecule has 9 heteroatoms. The molecule has 1 N–H and O–H groups in total. The standard InChI is InChI=1S/C24H26N4O5/c1-31-21-8-4-5-9-22(21)33-17-23(29)26-25-14-18-15-28(20-7-3-2-6-19(18)20)16-24(30)27-10-12-32-13-11-27/h2-9,14-15H,10-13,16-17H2,1H3,(H,26,29)/b25-14+. The van der Waals surface area contributed by atoms with Crippen LogP contribution in [0.2, 0.25) is 0 Å². The monoisotopic (exact) mass is 450 g/mol. The fraction of sp³-hybridized carbons (Fsp3) is 0.292. The Labute approximate surface area is 191 Å². The molecule has 1 aromatic heterocycles. The van der Waals surface area contributed by atoms with Crippen molar-refractivity contribution in [3.63, 3.8) is 0 Å². The number of hydrazone groups is 1. The van der Waals surface area contributed by atoms with E-state index in [0.717, 1.165) is 16.5 Å². The molecule has 0 unspecified atom stereocenters. The van der Waals surface area contributed by atoms with Crippen LogP contribution < -0.4 is 14.9 Å². The Balaban J connectivity index is 1.39. The third-order valence-corrected chi connectivity index (χ3v) is 5.31. The molecule has 0 saturated carbocycles. The summed E-state index contributed by atoms with van der Waals surface area (Å²) in [7, 11) is 1.54. The molecule has 2 heterocycles. The highest BCUT2D eigenvalue weighted by molar-refractivity contribution is 6.00. The zero-order valence-corrected chi connectivity index (χ0v) is 18.4. The Hall–Kier alpha value is -3.85. The minimum Gasteiger partial charge on any atom is -0.493 e. The van der Waals surface area contributed by atoms with E-state index in [4.69, 9.17) is 14.2 Å². The molecule has 9 nitrogen and oxygen atoms in total. The Kier molecular flexibility index (Phi) is 7.21. The predicted molar refractivity (Wildman–Crippen MR) is 124 cm³/mol. The van der Waals surface area contributed by atoms with Gasteiger partial charge in [-0.05, 0) is 18.2 Å². The van der Waals surface area contributed by atoms with E-state index in [-0.39, 0.29) is 19.1 Å². The number of ether oxygens (including phenoxy) is 3. The molecule has 0 atom stereocenters. The van der Waals surface area contributed by atoms with E-state index >= 15 is 0 Å². The lowest BCUT2D eigenvalue weighted by atomic mass is 10.2. The third kappa shape index (κ3) is 5.50. The first-order valence-electron chi connectivity index (χ1n) is 10.7. The molecule has 0 spiro atoms. The van der Waals surface area contributed by atoms with Gasteiger partial charge in [-0.1, -0.05) is 30.3 Å². The Morgan fingerprint density at radius 1 is 1.09 bits per heavy atom. The first kappa shape index (κ1) is 22.3. The molecule has 0 aliphatic carbocycles. The van der Waals surface area contributed by atoms with Crippen LogP contribution in [-0.4, -0.2) is 67.5 Å². The lowest BCUT2D eigenvalue weighted by molar-refractivity contribution is -0.135. The number of methoxy groups -OCH3 is 1. The van der Waals surface area contributed by atoms with Crippen LogP contribution in [0, 0.1) is 0 Å². The van der Waals surface area contributed by atoms with Gasteiger partial charge in [0.15, 0.2) is 18.1 Å². The average Bonchev–Trinajstić information content (AvgIpc) is 3.20. The van der Waals surface area contributed by atoms with Gasteiger partial charge < -0.3 is 23.7 Å². The molecule has 1 saturated heterocycles. The van der Waals surface area contributed by atoms with Crippen molar-refractivity contribution in [3.05, 3.63) is 60.3 Å². The number of para-hydroxylation sites is 3. The highest BCUT2D eigenvalue weighted by Gasteiger charge is 2.18. The quantitative estimate of drug-likeness (QED) is 0.419. The van der Waals surface area contributed by atoms with Crippen LogP contribution in [0.15, 0.2) is 59.8 Å². The summed E-state index contributed by atoms with van der Waals surface area (Å²) in [5, 5.41) is 5.01. The van der Waals surface area contributed by atoms with E-state index in [0.29, 0.717) is 37.8 Å². The van der Waals surface area contributed by atoms with Crippen molar-refractivity contribution >= 4 is 28.9 Å². The second-order valence-corrected chi connectivity index (χ2v) is 7.46. The largest absolute Gasteiger partial charge is 0.493 e. The van der Waals surface area contributed by atoms with Crippen molar-refractivity contribution in [1.82, 2.24) is 14.9 Å². The van der Waals surface area contributed by atoms with Crippen LogP contribution in [0.5, 0.6) is 11.5 Å². The van der Waals surface area contributed by atoms with Gasteiger partial charge in [0.25, 0.3) is 5.91 Å². The summed E-state index contributed by atoms with van der Waals surface area (Å²) in [6.07, 6.45) is 3.43. The minimum absolute atomic E-state index is 0.0457. The summed E-state index contributed by atoms with van der Waals surface area (Å²) in [4.78, 5) is 26.6. The second kappa shape index (κ2) is 10.6. The number of nitrogens with one attached hydrogen (secondary N) is 1. The lowest BCUT2D eigenvalue weighted by Gasteiger charge is -2.27. The Morgan fingerprint density at radius 3 is 2.61 bits per heavy atom. The summed E-state index contributed by atoms with van der Waals surface area (Å²) >= 11 is 0. The third-order valence-electron chi connectivity index (χ3n) is 5.31. The van der Waals surface area contributed by atoms with Crippen molar-refractivity contribution in [2.24, 2.45) is 5.10 Å². The fourth-order valence-electron chi connectivity index (χ4n) is 3.65. The summed E-state index contributed by atoms with van der Waals surface area (Å²) in [6.45, 7) is 2.37. The molecule has 1 aliphatic rings. The molecule has 1 aliphatic heterocycles. The molecule has 2 amide bonds. The van der Waals surface area contributed by atoms with Crippen molar-refractivity contribution in [2.75, 3.05) is 40.0 Å². The van der Waals surface area contributed by atoms with Gasteiger partial charge in [0.05, 0.1) is 26.5 Å². The van der Waals surface area contributed by atoms with E-state index in [9.17, 15) is 9.59 Å². The number of hydrogen-bond donors (Lipinski definition) is 1. The number of nitrogens with zero attached hydrogens (tertiary/aromatic N) is 3. The summed E-state index contributed by atoms with van der Waals surface area (Å²) in [5.74, 6) is 0.674. The van der Waals surface area contributed by atoms with Gasteiger partial charge in [-0.25, -0.2) is 5.43 Å². The molecular weight excluding hydrogens is 424 g/mol. The van der Waals surface area contributed by atoms with Crippen molar-refractivity contribution in [3.8, 4) is 11.5 Å². The second-order valence-electron chi connectivity index (χ2n) is 7.46. The first-order valence-corrected chi connectivity index (χ1v) is 10.7. The number of morpholine rings is 1. The first-order chi connectivity index (χ1) is 16.2. The number of aromatic nitrogens is 1. The van der Waals surface area contributed by atoms with Gasteiger partial charge >= 0.3 is 0 Å². The molecule has 33 heavy (non-hydrogen) atoms. The fourth-order valence-corrected chi connectivity index (χ4v) is 3.65. The normalized spacial score (nSPS) is 13.9. The van der Waals surface area contributed by atoms with E-state index < -0.39 is 5.91 Å². The number of rotatable bonds is 8. The molecule has 1 fully saturated rings. The molecule has 3 aromatic rings. The zero-order chi connectivity index (χ0) is 23.0. The maximum atomic E-state index is 12.7. The highest BCUT2D eigenvalue weighted by atomic mass is 16.5. The van der Waals surface area contributed by atoms with Gasteiger partial charge in [-0.3, -0.25) is 9.59 Å². The van der Waals surface area contributed by atoms with Crippen LogP contribution in [0.4, 0.5) is 0 Å². The van der Waals surface area contributed by atoms with E-state index in [1.807, 2.05) is 46.0 Å². The minimum atomic E-state index is -0.400. The number of carbonyl (C=O) groups is 2. The number of fused-ring (bicyclic) bond motifs is 1. The van der Waals surface area contributed by atoms with Gasteiger partial charge in [-0.2, -0.15) is 5.10 Å². The topological polar surface area (TPSA) is 94.4 Å². The average molecular weight is 450 g/mol. The predicted octanol–water partition coefficient (Wildman–Crippen LogP) is 2.04. The molecular formula is C24H26N4O5. The summed E-state index contributed by atoms with van der Waals surface area (Å²) in [6, 6.07) is 14.9.